The molecular weight excluding hydrogens is 150 g/mol. The standard InChI is InChI=1S/C10H17NO/c1-10(2,12)6-9-11-7-4-3-5-8-11/h12H,3-5,7-8H2,1-2H3. The van der Waals surface area contributed by atoms with Gasteiger partial charge in [0, 0.05) is 19.1 Å². The Hall–Kier alpha value is -0.680. The van der Waals surface area contributed by atoms with Crippen molar-refractivity contribution in [2.75, 3.05) is 13.1 Å². The molecule has 0 unspecified atom stereocenters. The van der Waals surface area contributed by atoms with Crippen molar-refractivity contribution in [1.29, 1.82) is 0 Å². The predicted octanol–water partition coefficient (Wildman–Crippen LogP) is 1.20. The van der Waals surface area contributed by atoms with Gasteiger partial charge in [-0.3, -0.25) is 0 Å². The SMILES string of the molecule is CC(C)(O)C#CN1CCCCC1. The van der Waals surface area contributed by atoms with Crippen molar-refractivity contribution in [3.63, 3.8) is 0 Å². The fourth-order valence-corrected chi connectivity index (χ4v) is 1.22. The molecule has 1 aliphatic heterocycles. The van der Waals surface area contributed by atoms with E-state index in [1.165, 1.54) is 19.3 Å². The molecule has 0 aliphatic carbocycles. The minimum absolute atomic E-state index is 0.850. The molecular formula is C10H17NO. The summed E-state index contributed by atoms with van der Waals surface area (Å²) in [5.41, 5.74) is -0.850. The lowest BCUT2D eigenvalue weighted by molar-refractivity contribution is 0.142. The minimum Gasteiger partial charge on any atom is -0.378 e. The highest BCUT2D eigenvalue weighted by Gasteiger charge is 2.09. The molecule has 0 radical (unpaired) electrons. The van der Waals surface area contributed by atoms with Crippen molar-refractivity contribution in [2.45, 2.75) is 38.7 Å². The van der Waals surface area contributed by atoms with Gasteiger partial charge in [0.05, 0.1) is 0 Å². The largest absolute Gasteiger partial charge is 0.378 e. The van der Waals surface area contributed by atoms with E-state index < -0.39 is 5.60 Å². The maximum Gasteiger partial charge on any atom is 0.121 e. The highest BCUT2D eigenvalue weighted by Crippen LogP contribution is 2.07. The normalized spacial score (nSPS) is 18.4. The van der Waals surface area contributed by atoms with Crippen molar-refractivity contribution >= 4 is 0 Å². The third-order valence-electron chi connectivity index (χ3n) is 1.88. The van der Waals surface area contributed by atoms with E-state index in [4.69, 9.17) is 0 Å². The van der Waals surface area contributed by atoms with Crippen LogP contribution in [0.5, 0.6) is 0 Å². The highest BCUT2D eigenvalue weighted by molar-refractivity contribution is 5.09. The van der Waals surface area contributed by atoms with Gasteiger partial charge in [0.1, 0.15) is 5.60 Å². The summed E-state index contributed by atoms with van der Waals surface area (Å²) in [4.78, 5) is 2.10. The first kappa shape index (κ1) is 9.41. The van der Waals surface area contributed by atoms with Crippen LogP contribution in [0.2, 0.25) is 0 Å². The molecule has 1 heterocycles. The number of piperidine rings is 1. The molecule has 0 aromatic heterocycles. The van der Waals surface area contributed by atoms with E-state index in [1.54, 1.807) is 13.8 Å². The van der Waals surface area contributed by atoms with Gasteiger partial charge in [-0.25, -0.2) is 0 Å². The Morgan fingerprint density at radius 3 is 2.25 bits per heavy atom. The third kappa shape index (κ3) is 3.64. The van der Waals surface area contributed by atoms with Crippen molar-refractivity contribution in [3.8, 4) is 12.0 Å². The molecule has 0 spiro atoms. The molecule has 0 bridgehead atoms. The molecule has 0 aromatic carbocycles. The number of hydrogen-bond acceptors (Lipinski definition) is 2. The molecule has 1 saturated heterocycles. The monoisotopic (exact) mass is 167 g/mol. The lowest BCUT2D eigenvalue weighted by Gasteiger charge is -2.22. The third-order valence-corrected chi connectivity index (χ3v) is 1.88. The second-order valence-corrected chi connectivity index (χ2v) is 3.84. The van der Waals surface area contributed by atoms with Gasteiger partial charge in [0.2, 0.25) is 0 Å². The molecule has 12 heavy (non-hydrogen) atoms. The molecule has 1 aliphatic rings. The Morgan fingerprint density at radius 2 is 1.75 bits per heavy atom. The lowest BCUT2D eigenvalue weighted by Crippen LogP contribution is -2.26. The van der Waals surface area contributed by atoms with Crippen molar-refractivity contribution in [2.24, 2.45) is 0 Å². The van der Waals surface area contributed by atoms with Crippen molar-refractivity contribution < 1.29 is 5.11 Å². The molecule has 1 N–H and O–H groups in total. The zero-order valence-electron chi connectivity index (χ0n) is 7.93. The molecule has 2 nitrogen and oxygen atoms in total. The van der Waals surface area contributed by atoms with Crippen LogP contribution in [0.15, 0.2) is 0 Å². The first-order valence-corrected chi connectivity index (χ1v) is 4.58. The minimum atomic E-state index is -0.850. The van der Waals surface area contributed by atoms with Gasteiger partial charge in [0.25, 0.3) is 0 Å². The summed E-state index contributed by atoms with van der Waals surface area (Å²) in [6.07, 6.45) is 3.79. The fourth-order valence-electron chi connectivity index (χ4n) is 1.22. The van der Waals surface area contributed by atoms with Crippen LogP contribution < -0.4 is 0 Å². The fraction of sp³-hybridized carbons (Fsp3) is 0.800. The average Bonchev–Trinajstić information content (AvgIpc) is 2.02. The van der Waals surface area contributed by atoms with E-state index >= 15 is 0 Å². The average molecular weight is 167 g/mol. The van der Waals surface area contributed by atoms with Crippen LogP contribution in [0, 0.1) is 12.0 Å². The van der Waals surface area contributed by atoms with E-state index in [0.717, 1.165) is 13.1 Å². The van der Waals surface area contributed by atoms with Gasteiger partial charge in [-0.05, 0) is 39.0 Å². The molecule has 0 aromatic rings. The smallest absolute Gasteiger partial charge is 0.121 e. The zero-order chi connectivity index (χ0) is 9.03. The first-order valence-electron chi connectivity index (χ1n) is 4.58. The van der Waals surface area contributed by atoms with Gasteiger partial charge in [-0.15, -0.1) is 0 Å². The maximum atomic E-state index is 9.35. The molecule has 2 heteroatoms. The van der Waals surface area contributed by atoms with Gasteiger partial charge in [-0.2, -0.15) is 0 Å². The quantitative estimate of drug-likeness (QED) is 0.548. The number of hydrogen-bond donors (Lipinski definition) is 1. The van der Waals surface area contributed by atoms with Gasteiger partial charge >= 0.3 is 0 Å². The molecule has 0 saturated carbocycles. The number of rotatable bonds is 0. The molecule has 1 fully saturated rings. The van der Waals surface area contributed by atoms with Gasteiger partial charge in [0.15, 0.2) is 0 Å². The Labute approximate surface area is 74.6 Å². The van der Waals surface area contributed by atoms with Gasteiger partial charge < -0.3 is 10.0 Å². The first-order chi connectivity index (χ1) is 5.58. The summed E-state index contributed by atoms with van der Waals surface area (Å²) in [7, 11) is 0. The van der Waals surface area contributed by atoms with E-state index in [1.807, 2.05) is 0 Å². The Balaban J connectivity index is 2.41. The number of nitrogens with zero attached hydrogens (tertiary/aromatic N) is 1. The van der Waals surface area contributed by atoms with Crippen LogP contribution in [0.4, 0.5) is 0 Å². The summed E-state index contributed by atoms with van der Waals surface area (Å²) in [6.45, 7) is 5.54. The summed E-state index contributed by atoms with van der Waals surface area (Å²) in [6, 6.07) is 2.99. The summed E-state index contributed by atoms with van der Waals surface area (Å²) < 4.78 is 0. The summed E-state index contributed by atoms with van der Waals surface area (Å²) in [5, 5.41) is 9.35. The van der Waals surface area contributed by atoms with E-state index in [9.17, 15) is 5.11 Å². The van der Waals surface area contributed by atoms with Crippen LogP contribution in [-0.2, 0) is 0 Å². The van der Waals surface area contributed by atoms with Crippen LogP contribution in [-0.4, -0.2) is 28.7 Å². The zero-order valence-corrected chi connectivity index (χ0v) is 7.93. The summed E-state index contributed by atoms with van der Waals surface area (Å²) >= 11 is 0. The van der Waals surface area contributed by atoms with Crippen LogP contribution in [0.3, 0.4) is 0 Å². The molecule has 0 amide bonds. The van der Waals surface area contributed by atoms with E-state index in [0.29, 0.717) is 0 Å². The van der Waals surface area contributed by atoms with Crippen LogP contribution in [0.1, 0.15) is 33.1 Å². The Morgan fingerprint density at radius 1 is 1.17 bits per heavy atom. The van der Waals surface area contributed by atoms with Crippen molar-refractivity contribution in [1.82, 2.24) is 4.90 Å². The van der Waals surface area contributed by atoms with E-state index in [2.05, 4.69) is 16.9 Å². The number of likely N-dealkylation sites (tertiary alicyclic amines) is 1. The highest BCUT2D eigenvalue weighted by atomic mass is 16.3. The molecule has 1 rings (SSSR count). The van der Waals surface area contributed by atoms with E-state index in [-0.39, 0.29) is 0 Å². The lowest BCUT2D eigenvalue weighted by atomic mass is 10.1. The van der Waals surface area contributed by atoms with Crippen molar-refractivity contribution in [3.05, 3.63) is 0 Å². The molecule has 68 valence electrons. The van der Waals surface area contributed by atoms with Crippen LogP contribution >= 0.6 is 0 Å². The Kier molecular flexibility index (Phi) is 2.99. The second kappa shape index (κ2) is 3.82. The number of aliphatic hydroxyl groups is 1. The molecule has 0 atom stereocenters. The summed E-state index contributed by atoms with van der Waals surface area (Å²) in [5.74, 6) is 2.82. The topological polar surface area (TPSA) is 23.5 Å². The predicted molar refractivity (Wildman–Crippen MR) is 49.5 cm³/mol. The second-order valence-electron chi connectivity index (χ2n) is 3.84. The van der Waals surface area contributed by atoms with Gasteiger partial charge in [-0.1, -0.05) is 0 Å². The maximum absolute atomic E-state index is 9.35. The van der Waals surface area contributed by atoms with Crippen LogP contribution in [0.25, 0.3) is 0 Å². The Bertz CT molecular complexity index is 188.